The van der Waals surface area contributed by atoms with E-state index in [0.29, 0.717) is 34.4 Å². The SMILES string of the molecule is CCOc1ccccc1N(CC(=O)N(Cc1ccc(Cl)c(Cl)c1)C(CC)C(=O)NC1CCCC1)S(C)(=O)=O. The zero-order valence-corrected chi connectivity index (χ0v) is 24.3. The van der Waals surface area contributed by atoms with Crippen molar-refractivity contribution in [3.8, 4) is 5.75 Å². The molecular weight excluding hydrogens is 549 g/mol. The molecule has 11 heteroatoms. The Bertz CT molecular complexity index is 1230. The van der Waals surface area contributed by atoms with E-state index in [4.69, 9.17) is 27.9 Å². The fourth-order valence-corrected chi connectivity index (χ4v) is 5.83. The van der Waals surface area contributed by atoms with Crippen LogP contribution in [-0.2, 0) is 26.2 Å². The highest BCUT2D eigenvalue weighted by atomic mass is 35.5. The Morgan fingerprint density at radius 2 is 1.76 bits per heavy atom. The summed E-state index contributed by atoms with van der Waals surface area (Å²) in [5.74, 6) is -0.440. The number of amides is 2. The number of carbonyl (C=O) groups excluding carboxylic acids is 2. The van der Waals surface area contributed by atoms with E-state index in [1.54, 1.807) is 49.4 Å². The van der Waals surface area contributed by atoms with Gasteiger partial charge in [0.05, 0.1) is 28.6 Å². The van der Waals surface area contributed by atoms with E-state index in [2.05, 4.69) is 5.32 Å². The van der Waals surface area contributed by atoms with Gasteiger partial charge in [-0.05, 0) is 56.0 Å². The Morgan fingerprint density at radius 1 is 1.08 bits per heavy atom. The molecule has 1 unspecified atom stereocenters. The zero-order chi connectivity index (χ0) is 27.9. The Hall–Kier alpha value is -2.49. The molecule has 1 aliphatic rings. The Kier molecular flexibility index (Phi) is 10.7. The first-order valence-electron chi connectivity index (χ1n) is 12.8. The first kappa shape index (κ1) is 30.1. The standard InChI is InChI=1S/C27H35Cl2N3O5S/c1-4-23(27(34)30-20-10-6-7-11-20)31(17-19-14-15-21(28)22(29)16-19)26(33)18-32(38(3,35)36)24-12-8-9-13-25(24)37-5-2/h8-9,12-16,20,23H,4-7,10-11,17-18H2,1-3H3,(H,30,34). The lowest BCUT2D eigenvalue weighted by Crippen LogP contribution is -2.53. The van der Waals surface area contributed by atoms with Crippen molar-refractivity contribution in [2.75, 3.05) is 23.7 Å². The van der Waals surface area contributed by atoms with Crippen molar-refractivity contribution in [2.24, 2.45) is 0 Å². The van der Waals surface area contributed by atoms with Crippen LogP contribution in [0.15, 0.2) is 42.5 Å². The van der Waals surface area contributed by atoms with Crippen molar-refractivity contribution >= 4 is 50.7 Å². The van der Waals surface area contributed by atoms with Crippen LogP contribution in [-0.4, -0.2) is 56.6 Å². The first-order valence-corrected chi connectivity index (χ1v) is 15.4. The highest BCUT2D eigenvalue weighted by molar-refractivity contribution is 7.92. The molecule has 0 saturated heterocycles. The van der Waals surface area contributed by atoms with Crippen LogP contribution >= 0.6 is 23.2 Å². The van der Waals surface area contributed by atoms with E-state index in [9.17, 15) is 18.0 Å². The maximum absolute atomic E-state index is 13.9. The van der Waals surface area contributed by atoms with E-state index < -0.39 is 28.5 Å². The largest absolute Gasteiger partial charge is 0.492 e. The summed E-state index contributed by atoms with van der Waals surface area (Å²) in [5, 5.41) is 3.77. The van der Waals surface area contributed by atoms with Crippen LogP contribution in [0.2, 0.25) is 10.0 Å². The number of benzene rings is 2. The van der Waals surface area contributed by atoms with Crippen molar-refractivity contribution in [1.82, 2.24) is 10.2 Å². The van der Waals surface area contributed by atoms with Gasteiger partial charge in [-0.25, -0.2) is 8.42 Å². The Morgan fingerprint density at radius 3 is 2.37 bits per heavy atom. The smallest absolute Gasteiger partial charge is 0.244 e. The Balaban J connectivity index is 1.97. The molecule has 208 valence electrons. The summed E-state index contributed by atoms with van der Waals surface area (Å²) in [6, 6.07) is 10.9. The monoisotopic (exact) mass is 583 g/mol. The van der Waals surface area contributed by atoms with Gasteiger partial charge in [-0.1, -0.05) is 61.2 Å². The second-order valence-electron chi connectivity index (χ2n) is 9.35. The minimum atomic E-state index is -3.88. The first-order chi connectivity index (χ1) is 18.0. The van der Waals surface area contributed by atoms with Crippen LogP contribution in [0, 0.1) is 0 Å². The number of rotatable bonds is 12. The zero-order valence-electron chi connectivity index (χ0n) is 22.0. The molecule has 0 spiro atoms. The molecule has 0 bridgehead atoms. The van der Waals surface area contributed by atoms with Gasteiger partial charge < -0.3 is 15.0 Å². The third-order valence-electron chi connectivity index (χ3n) is 6.54. The quantitative estimate of drug-likeness (QED) is 0.378. The van der Waals surface area contributed by atoms with E-state index in [1.165, 1.54) is 4.90 Å². The number of hydrogen-bond acceptors (Lipinski definition) is 5. The summed E-state index contributed by atoms with van der Waals surface area (Å²) < 4.78 is 32.4. The number of halogens is 2. The topological polar surface area (TPSA) is 96.0 Å². The molecular formula is C27H35Cl2N3O5S. The summed E-state index contributed by atoms with van der Waals surface area (Å²) in [6.07, 6.45) is 5.29. The highest BCUT2D eigenvalue weighted by Gasteiger charge is 2.33. The number of sulfonamides is 1. The lowest BCUT2D eigenvalue weighted by Gasteiger charge is -2.33. The predicted octanol–water partition coefficient (Wildman–Crippen LogP) is 5.02. The number of para-hydroxylation sites is 2. The number of hydrogen-bond donors (Lipinski definition) is 1. The van der Waals surface area contributed by atoms with E-state index in [-0.39, 0.29) is 24.2 Å². The fourth-order valence-electron chi connectivity index (χ4n) is 4.66. The number of nitrogens with one attached hydrogen (secondary N) is 1. The maximum atomic E-state index is 13.9. The van der Waals surface area contributed by atoms with Crippen molar-refractivity contribution in [2.45, 2.75) is 64.6 Å². The van der Waals surface area contributed by atoms with Gasteiger partial charge in [0.2, 0.25) is 21.8 Å². The summed E-state index contributed by atoms with van der Waals surface area (Å²) in [5.41, 5.74) is 0.920. The van der Waals surface area contributed by atoms with Crippen LogP contribution in [0.3, 0.4) is 0 Å². The Labute approximate surface area is 235 Å². The molecule has 38 heavy (non-hydrogen) atoms. The van der Waals surface area contributed by atoms with Gasteiger partial charge in [0.1, 0.15) is 18.3 Å². The number of ether oxygens (including phenoxy) is 1. The summed E-state index contributed by atoms with van der Waals surface area (Å²) in [6.45, 7) is 3.49. The van der Waals surface area contributed by atoms with Gasteiger partial charge in [-0.15, -0.1) is 0 Å². The molecule has 2 aromatic carbocycles. The van der Waals surface area contributed by atoms with E-state index >= 15 is 0 Å². The average molecular weight is 585 g/mol. The van der Waals surface area contributed by atoms with E-state index in [1.807, 2.05) is 6.92 Å². The van der Waals surface area contributed by atoms with Gasteiger partial charge in [-0.2, -0.15) is 0 Å². The molecule has 1 fully saturated rings. The van der Waals surface area contributed by atoms with E-state index in [0.717, 1.165) is 36.2 Å². The fraction of sp³-hybridized carbons (Fsp3) is 0.481. The molecule has 8 nitrogen and oxygen atoms in total. The molecule has 1 N–H and O–H groups in total. The molecule has 0 aliphatic heterocycles. The second kappa shape index (κ2) is 13.5. The number of anilines is 1. The molecule has 1 saturated carbocycles. The lowest BCUT2D eigenvalue weighted by molar-refractivity contribution is -0.140. The number of carbonyl (C=O) groups is 2. The molecule has 0 radical (unpaired) electrons. The minimum Gasteiger partial charge on any atom is -0.492 e. The maximum Gasteiger partial charge on any atom is 0.244 e. The van der Waals surface area contributed by atoms with Crippen LogP contribution in [0.1, 0.15) is 51.5 Å². The average Bonchev–Trinajstić information content (AvgIpc) is 3.37. The van der Waals surface area contributed by atoms with Crippen LogP contribution in [0.4, 0.5) is 5.69 Å². The molecule has 1 atom stereocenters. The molecule has 2 aromatic rings. The van der Waals surface area contributed by atoms with Gasteiger partial charge in [0.15, 0.2) is 0 Å². The predicted molar refractivity (Wildman–Crippen MR) is 151 cm³/mol. The molecule has 0 aromatic heterocycles. The minimum absolute atomic E-state index is 0.0526. The molecule has 2 amide bonds. The highest BCUT2D eigenvalue weighted by Crippen LogP contribution is 2.30. The normalized spacial score (nSPS) is 14.7. The third-order valence-corrected chi connectivity index (χ3v) is 8.40. The van der Waals surface area contributed by atoms with Crippen LogP contribution in [0.25, 0.3) is 0 Å². The van der Waals surface area contributed by atoms with Crippen molar-refractivity contribution < 1.29 is 22.7 Å². The van der Waals surface area contributed by atoms with Gasteiger partial charge in [0, 0.05) is 12.6 Å². The summed E-state index contributed by atoms with van der Waals surface area (Å²) >= 11 is 12.3. The summed E-state index contributed by atoms with van der Waals surface area (Å²) in [4.78, 5) is 28.7. The van der Waals surface area contributed by atoms with Gasteiger partial charge in [0.25, 0.3) is 0 Å². The molecule has 1 aliphatic carbocycles. The van der Waals surface area contributed by atoms with Gasteiger partial charge >= 0.3 is 0 Å². The van der Waals surface area contributed by atoms with Gasteiger partial charge in [-0.3, -0.25) is 13.9 Å². The third kappa shape index (κ3) is 7.77. The number of nitrogens with zero attached hydrogens (tertiary/aromatic N) is 2. The van der Waals surface area contributed by atoms with Crippen molar-refractivity contribution in [3.05, 3.63) is 58.1 Å². The summed E-state index contributed by atoms with van der Waals surface area (Å²) in [7, 11) is -3.88. The lowest BCUT2D eigenvalue weighted by atomic mass is 10.1. The molecule has 0 heterocycles. The molecule has 3 rings (SSSR count). The second-order valence-corrected chi connectivity index (χ2v) is 12.1. The van der Waals surface area contributed by atoms with Crippen molar-refractivity contribution in [3.63, 3.8) is 0 Å². The van der Waals surface area contributed by atoms with Crippen LogP contribution in [0.5, 0.6) is 5.75 Å². The van der Waals surface area contributed by atoms with Crippen molar-refractivity contribution in [1.29, 1.82) is 0 Å². The van der Waals surface area contributed by atoms with Crippen LogP contribution < -0.4 is 14.4 Å².